The third kappa shape index (κ3) is 2.21. The van der Waals surface area contributed by atoms with Crippen LogP contribution in [0.1, 0.15) is 19.8 Å². The van der Waals surface area contributed by atoms with Gasteiger partial charge in [-0.2, -0.15) is 0 Å². The van der Waals surface area contributed by atoms with Crippen molar-refractivity contribution in [3.63, 3.8) is 0 Å². The summed E-state index contributed by atoms with van der Waals surface area (Å²) in [7, 11) is 0. The van der Waals surface area contributed by atoms with Crippen LogP contribution in [0.5, 0.6) is 0 Å². The molecule has 25 heavy (non-hydrogen) atoms. The van der Waals surface area contributed by atoms with Crippen molar-refractivity contribution in [1.29, 1.82) is 0 Å². The molecule has 3 aliphatic rings. The molecule has 0 saturated carbocycles. The molecule has 1 amide bonds. The Balaban J connectivity index is 2.10. The highest BCUT2D eigenvalue weighted by atomic mass is 16.5. The minimum Gasteiger partial charge on any atom is -0.446 e. The lowest BCUT2D eigenvalue weighted by molar-refractivity contribution is -0.650. The Kier molecular flexibility index (Phi) is 3.93. The average Bonchev–Trinajstić information content (AvgIpc) is 2.95. The van der Waals surface area contributed by atoms with Crippen molar-refractivity contribution < 1.29 is 29.4 Å². The van der Waals surface area contributed by atoms with E-state index < -0.39 is 41.8 Å². The van der Waals surface area contributed by atoms with Crippen LogP contribution in [0, 0.1) is 0 Å². The summed E-state index contributed by atoms with van der Waals surface area (Å²) in [5.74, 6) is -2.58. The molecule has 0 aromatic heterocycles. The molecule has 0 aromatic carbocycles. The Morgan fingerprint density at radius 1 is 1.44 bits per heavy atom. The molecule has 0 aromatic rings. The quantitative estimate of drug-likeness (QED) is 0.180. The number of rotatable bonds is 4. The number of carbonyl (C=O) groups excluding carboxylic acids is 1. The maximum absolute atomic E-state index is 10.9. The van der Waals surface area contributed by atoms with Crippen LogP contribution in [0.4, 0.5) is 4.79 Å². The van der Waals surface area contributed by atoms with Crippen LogP contribution in [0.3, 0.4) is 0 Å². The fraction of sp³-hybridized carbons (Fsp3) is 0.769. The van der Waals surface area contributed by atoms with Gasteiger partial charge in [-0.15, -0.1) is 0 Å². The molecule has 12 nitrogen and oxygen atoms in total. The van der Waals surface area contributed by atoms with Crippen LogP contribution in [-0.2, 0) is 4.74 Å². The third-order valence-corrected chi connectivity index (χ3v) is 5.04. The minimum absolute atomic E-state index is 0.0487. The summed E-state index contributed by atoms with van der Waals surface area (Å²) in [6, 6.07) is -2.32. The molecular weight excluding hydrogens is 334 g/mol. The number of nitrogens with one attached hydrogen (secondary N) is 2. The molecule has 3 aliphatic heterocycles. The van der Waals surface area contributed by atoms with E-state index in [0.29, 0.717) is 12.8 Å². The Bertz CT molecular complexity index is 651. The van der Waals surface area contributed by atoms with E-state index in [4.69, 9.17) is 21.9 Å². The number of primary amides is 1. The zero-order valence-corrected chi connectivity index (χ0v) is 13.7. The van der Waals surface area contributed by atoms with Crippen molar-refractivity contribution in [2.24, 2.45) is 22.2 Å². The van der Waals surface area contributed by atoms with Gasteiger partial charge < -0.3 is 36.8 Å². The second-order valence-electron chi connectivity index (χ2n) is 6.51. The Morgan fingerprint density at radius 2 is 2.12 bits per heavy atom. The minimum atomic E-state index is -2.61. The third-order valence-electron chi connectivity index (χ3n) is 5.04. The van der Waals surface area contributed by atoms with E-state index >= 15 is 0 Å². The maximum atomic E-state index is 10.9. The van der Waals surface area contributed by atoms with E-state index in [-0.39, 0.29) is 18.5 Å². The predicted octanol–water partition coefficient (Wildman–Crippen LogP) is -4.41. The molecule has 1 fully saturated rings. The van der Waals surface area contributed by atoms with Gasteiger partial charge in [-0.05, 0) is 6.42 Å². The van der Waals surface area contributed by atoms with Gasteiger partial charge in [0.2, 0.25) is 5.66 Å². The van der Waals surface area contributed by atoms with E-state index in [1.165, 1.54) is 4.58 Å². The highest BCUT2D eigenvalue weighted by molar-refractivity contribution is 5.83. The van der Waals surface area contributed by atoms with E-state index in [2.05, 4.69) is 15.6 Å². The molecule has 3 rings (SSSR count). The standard InChI is InChI=1S/C13H23N7O5/c1-2-3-6-8(21)13(23,24)12-7(18-9(14)19-12)5(4-25-11(16)22)17-10(15)20(6)12/h5-8,21,23-24H,2-4H2,1H3,(H7,14,15,16,17,18,19,22)/p+1/t5-,6-,7-,8-,12-/m0/s1. The lowest BCUT2D eigenvalue weighted by atomic mass is 9.86. The van der Waals surface area contributed by atoms with E-state index in [1.807, 2.05) is 6.92 Å². The number of nitrogens with two attached hydrogens (primary N) is 3. The van der Waals surface area contributed by atoms with Crippen molar-refractivity contribution >= 4 is 18.0 Å². The summed E-state index contributed by atoms with van der Waals surface area (Å²) in [6.07, 6.45) is -1.40. The van der Waals surface area contributed by atoms with Crippen LogP contribution in [0.2, 0.25) is 0 Å². The topological polar surface area (TPSA) is 204 Å². The van der Waals surface area contributed by atoms with Crippen molar-refractivity contribution in [3.8, 4) is 0 Å². The van der Waals surface area contributed by atoms with E-state index in [0.717, 1.165) is 0 Å². The molecule has 3 heterocycles. The predicted molar refractivity (Wildman–Crippen MR) is 85.1 cm³/mol. The Hall–Kier alpha value is -2.31. The summed E-state index contributed by atoms with van der Waals surface area (Å²) in [4.78, 5) is 15.1. The molecule has 5 atom stereocenters. The van der Waals surface area contributed by atoms with Crippen LogP contribution in [0.15, 0.2) is 4.99 Å². The molecule has 1 saturated heterocycles. The van der Waals surface area contributed by atoms with Crippen LogP contribution in [-0.4, -0.2) is 80.2 Å². The average molecular weight is 358 g/mol. The summed E-state index contributed by atoms with van der Waals surface area (Å²) in [5.41, 5.74) is 15.2. The zero-order valence-electron chi connectivity index (χ0n) is 13.7. The largest absolute Gasteiger partial charge is 0.446 e. The van der Waals surface area contributed by atoms with Gasteiger partial charge in [0.1, 0.15) is 24.8 Å². The SMILES string of the molecule is CCC[C@H]1[C@H](O)C(O)(O)[C@]23NC(N)=N[C@H]2[C@H](COC(N)=O)NC(N)=[N+]13. The van der Waals surface area contributed by atoms with Gasteiger partial charge in [-0.1, -0.05) is 13.3 Å². The first kappa shape index (κ1) is 17.5. The molecule has 11 N–H and O–H groups in total. The summed E-state index contributed by atoms with van der Waals surface area (Å²) in [5, 5.41) is 37.8. The summed E-state index contributed by atoms with van der Waals surface area (Å²) in [6.45, 7) is 1.68. The highest BCUT2D eigenvalue weighted by Gasteiger charge is 2.77. The lowest BCUT2D eigenvalue weighted by Crippen LogP contribution is -2.78. The van der Waals surface area contributed by atoms with Gasteiger partial charge in [-0.3, -0.25) is 11.1 Å². The van der Waals surface area contributed by atoms with Crippen molar-refractivity contribution in [2.75, 3.05) is 6.61 Å². The fourth-order valence-electron chi connectivity index (χ4n) is 4.11. The molecule has 140 valence electrons. The highest BCUT2D eigenvalue weighted by Crippen LogP contribution is 2.45. The van der Waals surface area contributed by atoms with Crippen molar-refractivity contribution in [2.45, 2.75) is 55.4 Å². The molecule has 1 spiro atoms. The maximum Gasteiger partial charge on any atom is 0.404 e. The van der Waals surface area contributed by atoms with Gasteiger partial charge in [0.15, 0.2) is 12.0 Å². The molecule has 12 heteroatoms. The second-order valence-corrected chi connectivity index (χ2v) is 6.51. The number of amides is 1. The zero-order chi connectivity index (χ0) is 18.6. The first-order valence-electron chi connectivity index (χ1n) is 8.01. The summed E-state index contributed by atoms with van der Waals surface area (Å²) < 4.78 is 6.28. The summed E-state index contributed by atoms with van der Waals surface area (Å²) >= 11 is 0. The van der Waals surface area contributed by atoms with Gasteiger partial charge >= 0.3 is 12.1 Å². The molecule has 0 bridgehead atoms. The van der Waals surface area contributed by atoms with Crippen molar-refractivity contribution in [1.82, 2.24) is 10.6 Å². The number of carbonyl (C=O) groups is 1. The number of guanidine groups is 2. The van der Waals surface area contributed by atoms with Crippen LogP contribution in [0.25, 0.3) is 0 Å². The van der Waals surface area contributed by atoms with E-state index in [9.17, 15) is 20.1 Å². The first-order valence-corrected chi connectivity index (χ1v) is 8.01. The molecule has 0 radical (unpaired) electrons. The normalized spacial score (nSPS) is 38.3. The van der Waals surface area contributed by atoms with Gasteiger partial charge in [0.05, 0.1) is 0 Å². The smallest absolute Gasteiger partial charge is 0.404 e. The number of hydrogen-bond acceptors (Lipinski definition) is 10. The number of nitrogens with zero attached hydrogens (tertiary/aromatic N) is 2. The number of aliphatic imine (C=N–C) groups is 1. The molecule has 0 aliphatic carbocycles. The van der Waals surface area contributed by atoms with Gasteiger partial charge in [0, 0.05) is 0 Å². The molecular formula is C13H24N7O5+. The number of ether oxygens (including phenoxy) is 1. The fourth-order valence-corrected chi connectivity index (χ4v) is 4.11. The molecule has 0 unspecified atom stereocenters. The van der Waals surface area contributed by atoms with Gasteiger partial charge in [-0.25, -0.2) is 14.4 Å². The second kappa shape index (κ2) is 5.61. The lowest BCUT2D eigenvalue weighted by Gasteiger charge is -2.43. The number of aliphatic hydroxyl groups is 3. The first-order chi connectivity index (χ1) is 11.7. The van der Waals surface area contributed by atoms with E-state index in [1.54, 1.807) is 0 Å². The monoisotopic (exact) mass is 358 g/mol. The Labute approximate surface area is 143 Å². The van der Waals surface area contributed by atoms with Gasteiger partial charge in [0.25, 0.3) is 5.79 Å². The van der Waals surface area contributed by atoms with Crippen LogP contribution >= 0.6 is 0 Å². The number of aliphatic hydroxyl groups excluding tert-OH is 1. The number of hydrogen-bond donors (Lipinski definition) is 8. The van der Waals surface area contributed by atoms with Crippen molar-refractivity contribution in [3.05, 3.63) is 0 Å². The van der Waals surface area contributed by atoms with Crippen LogP contribution < -0.4 is 27.8 Å². The Morgan fingerprint density at radius 3 is 2.72 bits per heavy atom.